The van der Waals surface area contributed by atoms with E-state index in [4.69, 9.17) is 9.84 Å². The van der Waals surface area contributed by atoms with Crippen molar-refractivity contribution in [3.05, 3.63) is 29.3 Å². The molecule has 1 aliphatic rings. The number of benzene rings is 1. The van der Waals surface area contributed by atoms with Crippen LogP contribution >= 0.6 is 0 Å². The normalized spacial score (nSPS) is 18.7. The maximum absolute atomic E-state index is 12.8. The van der Waals surface area contributed by atoms with Crippen LogP contribution in [0.5, 0.6) is 0 Å². The lowest BCUT2D eigenvalue weighted by molar-refractivity contribution is -0.139. The number of hydrogen-bond donors (Lipinski definition) is 1. The molecular weight excluding hydrogens is 322 g/mol. The van der Waals surface area contributed by atoms with Crippen molar-refractivity contribution in [3.8, 4) is 0 Å². The van der Waals surface area contributed by atoms with Gasteiger partial charge in [0.25, 0.3) is 5.91 Å². The average molecular weight is 341 g/mol. The molecule has 0 aliphatic carbocycles. The summed E-state index contributed by atoms with van der Waals surface area (Å²) in [6.07, 6.45) is 0.866. The summed E-state index contributed by atoms with van der Waals surface area (Å²) in [5.74, 6) is -1.39. The predicted octanol–water partition coefficient (Wildman–Crippen LogP) is 0.714. The molecule has 1 atom stereocenters. The molecule has 1 unspecified atom stereocenters. The second-order valence-corrected chi connectivity index (χ2v) is 7.59. The Kier molecular flexibility index (Phi) is 5.06. The molecule has 8 heteroatoms. The van der Waals surface area contributed by atoms with Crippen molar-refractivity contribution in [3.63, 3.8) is 0 Å². The number of carboxylic acid groups (broad SMARTS) is 1. The summed E-state index contributed by atoms with van der Waals surface area (Å²) >= 11 is 0. The number of carboxylic acids is 1. The van der Waals surface area contributed by atoms with Crippen molar-refractivity contribution in [1.29, 1.82) is 0 Å². The Hall–Kier alpha value is -1.93. The largest absolute Gasteiger partial charge is 0.481 e. The molecule has 126 valence electrons. The monoisotopic (exact) mass is 341 g/mol. The summed E-state index contributed by atoms with van der Waals surface area (Å²) in [6, 6.07) is 3.82. The highest BCUT2D eigenvalue weighted by Gasteiger charge is 2.30. The Morgan fingerprint density at radius 2 is 2.09 bits per heavy atom. The van der Waals surface area contributed by atoms with Gasteiger partial charge < -0.3 is 14.7 Å². The zero-order valence-electron chi connectivity index (χ0n) is 13.0. The number of carbonyl (C=O) groups excluding carboxylic acids is 1. The van der Waals surface area contributed by atoms with Gasteiger partial charge in [-0.05, 0) is 24.6 Å². The molecule has 1 aromatic carbocycles. The lowest BCUT2D eigenvalue weighted by atomic mass is 10.0. The van der Waals surface area contributed by atoms with Crippen LogP contribution in [-0.4, -0.2) is 62.4 Å². The van der Waals surface area contributed by atoms with Gasteiger partial charge in [-0.15, -0.1) is 0 Å². The maximum Gasteiger partial charge on any atom is 0.305 e. The molecule has 1 N–H and O–H groups in total. The second-order valence-electron chi connectivity index (χ2n) is 5.57. The lowest BCUT2D eigenvalue weighted by Gasteiger charge is -2.35. The van der Waals surface area contributed by atoms with Gasteiger partial charge >= 0.3 is 5.97 Å². The van der Waals surface area contributed by atoms with E-state index in [9.17, 15) is 18.0 Å². The van der Waals surface area contributed by atoms with E-state index < -0.39 is 21.8 Å². The first-order chi connectivity index (χ1) is 10.7. The number of morpholine rings is 1. The van der Waals surface area contributed by atoms with Crippen LogP contribution in [-0.2, 0) is 19.4 Å². The molecule has 0 aromatic heterocycles. The molecule has 1 amide bonds. The van der Waals surface area contributed by atoms with Crippen molar-refractivity contribution in [2.24, 2.45) is 0 Å². The van der Waals surface area contributed by atoms with Crippen molar-refractivity contribution in [2.75, 3.05) is 26.0 Å². The minimum atomic E-state index is -3.43. The summed E-state index contributed by atoms with van der Waals surface area (Å²) in [6.45, 7) is 2.47. The number of aliphatic carboxylic acids is 1. The van der Waals surface area contributed by atoms with Gasteiger partial charge in [-0.3, -0.25) is 9.59 Å². The number of amides is 1. The van der Waals surface area contributed by atoms with Crippen LogP contribution in [0.4, 0.5) is 0 Å². The molecule has 1 aromatic rings. The summed E-state index contributed by atoms with van der Waals surface area (Å²) < 4.78 is 28.6. The number of sulfone groups is 1. The quantitative estimate of drug-likeness (QED) is 0.866. The van der Waals surface area contributed by atoms with Crippen LogP contribution in [0.1, 0.15) is 22.3 Å². The zero-order chi connectivity index (χ0) is 17.2. The fraction of sp³-hybridized carbons (Fsp3) is 0.467. The van der Waals surface area contributed by atoms with Gasteiger partial charge in [0.1, 0.15) is 0 Å². The van der Waals surface area contributed by atoms with Crippen LogP contribution in [0.3, 0.4) is 0 Å². The topological polar surface area (TPSA) is 101 Å². The smallest absolute Gasteiger partial charge is 0.305 e. The van der Waals surface area contributed by atoms with Crippen molar-refractivity contribution in [2.45, 2.75) is 24.3 Å². The molecule has 23 heavy (non-hydrogen) atoms. The van der Waals surface area contributed by atoms with Crippen LogP contribution in [0.2, 0.25) is 0 Å². The molecule has 0 bridgehead atoms. The molecule has 0 radical (unpaired) electrons. The highest BCUT2D eigenvalue weighted by atomic mass is 32.2. The average Bonchev–Trinajstić information content (AvgIpc) is 2.46. The molecule has 0 saturated carbocycles. The van der Waals surface area contributed by atoms with Gasteiger partial charge in [-0.1, -0.05) is 6.07 Å². The second kappa shape index (κ2) is 6.67. The Morgan fingerprint density at radius 1 is 1.39 bits per heavy atom. The molecule has 1 saturated heterocycles. The van der Waals surface area contributed by atoms with E-state index in [-0.39, 0.29) is 35.9 Å². The van der Waals surface area contributed by atoms with Gasteiger partial charge in [0.2, 0.25) is 0 Å². The van der Waals surface area contributed by atoms with Crippen LogP contribution in [0.25, 0.3) is 0 Å². The Bertz CT molecular complexity index is 727. The van der Waals surface area contributed by atoms with Crippen LogP contribution in [0, 0.1) is 6.92 Å². The van der Waals surface area contributed by atoms with Crippen molar-refractivity contribution in [1.82, 2.24) is 4.90 Å². The highest BCUT2D eigenvalue weighted by molar-refractivity contribution is 7.90. The Labute approximate surface area is 134 Å². The van der Waals surface area contributed by atoms with E-state index in [2.05, 4.69) is 0 Å². The fourth-order valence-corrected chi connectivity index (χ4v) is 3.16. The van der Waals surface area contributed by atoms with Gasteiger partial charge in [-0.2, -0.15) is 0 Å². The first kappa shape index (κ1) is 17.4. The molecular formula is C15H19NO6S. The number of aryl methyl sites for hydroxylation is 1. The molecule has 7 nitrogen and oxygen atoms in total. The third-order valence-corrected chi connectivity index (χ3v) is 4.88. The lowest BCUT2D eigenvalue weighted by Crippen LogP contribution is -2.49. The SMILES string of the molecule is Cc1ccc(S(C)(=O)=O)cc1C(=O)N1CCOCC1CC(=O)O. The molecule has 1 aliphatic heterocycles. The standard InChI is InChI=1S/C15H19NO6S/c1-10-3-4-12(23(2,20)21)8-13(10)15(19)16-5-6-22-9-11(16)7-14(17)18/h3-4,8,11H,5-7,9H2,1-2H3,(H,17,18). The van der Waals surface area contributed by atoms with E-state index in [0.29, 0.717) is 12.2 Å². The fourth-order valence-electron chi connectivity index (χ4n) is 2.51. The van der Waals surface area contributed by atoms with Crippen molar-refractivity contribution < 1.29 is 27.9 Å². The summed E-state index contributed by atoms with van der Waals surface area (Å²) in [5, 5.41) is 8.97. The van der Waals surface area contributed by atoms with Gasteiger partial charge in [-0.25, -0.2) is 8.42 Å². The maximum atomic E-state index is 12.8. The van der Waals surface area contributed by atoms with Crippen LogP contribution < -0.4 is 0 Å². The number of carbonyl (C=O) groups is 2. The first-order valence-electron chi connectivity index (χ1n) is 7.11. The number of hydrogen-bond acceptors (Lipinski definition) is 5. The third-order valence-electron chi connectivity index (χ3n) is 3.77. The van der Waals surface area contributed by atoms with Crippen molar-refractivity contribution >= 4 is 21.7 Å². The van der Waals surface area contributed by atoms with E-state index in [1.54, 1.807) is 13.0 Å². The number of nitrogens with zero attached hydrogens (tertiary/aromatic N) is 1. The minimum absolute atomic E-state index is 0.0643. The predicted molar refractivity (Wildman–Crippen MR) is 82.2 cm³/mol. The van der Waals surface area contributed by atoms with E-state index in [0.717, 1.165) is 6.26 Å². The van der Waals surface area contributed by atoms with E-state index >= 15 is 0 Å². The zero-order valence-corrected chi connectivity index (χ0v) is 13.8. The highest BCUT2D eigenvalue weighted by Crippen LogP contribution is 2.20. The summed E-state index contributed by atoms with van der Waals surface area (Å²) in [5.41, 5.74) is 0.910. The van der Waals surface area contributed by atoms with Gasteiger partial charge in [0.15, 0.2) is 9.84 Å². The molecule has 2 rings (SSSR count). The Balaban J connectivity index is 2.36. The number of rotatable bonds is 4. The first-order valence-corrected chi connectivity index (χ1v) is 9.00. The third kappa shape index (κ3) is 4.08. The van der Waals surface area contributed by atoms with Crippen LogP contribution in [0.15, 0.2) is 23.1 Å². The summed E-state index contributed by atoms with van der Waals surface area (Å²) in [7, 11) is -3.43. The Morgan fingerprint density at radius 3 is 2.70 bits per heavy atom. The van der Waals surface area contributed by atoms with Gasteiger partial charge in [0.05, 0.1) is 30.6 Å². The van der Waals surface area contributed by atoms with E-state index in [1.165, 1.54) is 17.0 Å². The van der Waals surface area contributed by atoms with Gasteiger partial charge in [0, 0.05) is 18.4 Å². The number of ether oxygens (including phenoxy) is 1. The van der Waals surface area contributed by atoms with E-state index in [1.807, 2.05) is 0 Å². The summed E-state index contributed by atoms with van der Waals surface area (Å²) in [4.78, 5) is 25.2. The molecule has 0 spiro atoms. The molecule has 1 fully saturated rings. The minimum Gasteiger partial charge on any atom is -0.481 e. The molecule has 1 heterocycles.